The molecule has 0 aliphatic heterocycles. The first-order valence-electron chi connectivity index (χ1n) is 6.84. The molecule has 0 saturated heterocycles. The molecule has 0 spiro atoms. The lowest BCUT2D eigenvalue weighted by atomic mass is 9.99. The van der Waals surface area contributed by atoms with Crippen molar-refractivity contribution in [3.05, 3.63) is 77.1 Å². The Balaban J connectivity index is 1.95. The molecule has 0 aromatic heterocycles. The number of rotatable bonds is 3. The van der Waals surface area contributed by atoms with E-state index >= 15 is 0 Å². The second-order valence-corrected chi connectivity index (χ2v) is 5.53. The van der Waals surface area contributed by atoms with E-state index in [2.05, 4.69) is 36.5 Å². The maximum atomic E-state index is 13.4. The van der Waals surface area contributed by atoms with Gasteiger partial charge < -0.3 is 5.32 Å². The maximum absolute atomic E-state index is 13.4. The van der Waals surface area contributed by atoms with Crippen molar-refractivity contribution in [2.24, 2.45) is 0 Å². The number of hydrogen-bond donors (Lipinski definition) is 1. The number of benzene rings is 3. The van der Waals surface area contributed by atoms with Crippen molar-refractivity contribution in [2.75, 3.05) is 5.32 Å². The third-order valence-corrected chi connectivity index (χ3v) is 3.75. The third-order valence-electron chi connectivity index (χ3n) is 3.54. The van der Waals surface area contributed by atoms with Gasteiger partial charge in [0.05, 0.1) is 0 Å². The lowest BCUT2D eigenvalue weighted by molar-refractivity contribution is 0.628. The predicted molar refractivity (Wildman–Crippen MR) is 87.4 cm³/mol. The van der Waals surface area contributed by atoms with Gasteiger partial charge in [0.2, 0.25) is 0 Å². The van der Waals surface area contributed by atoms with Crippen molar-refractivity contribution in [2.45, 2.75) is 13.0 Å². The first kappa shape index (κ1) is 13.9. The Morgan fingerprint density at radius 3 is 2.57 bits per heavy atom. The summed E-state index contributed by atoms with van der Waals surface area (Å²) in [6, 6.07) is 19.0. The van der Waals surface area contributed by atoms with Crippen molar-refractivity contribution in [3.8, 4) is 0 Å². The second kappa shape index (κ2) is 5.74. The SMILES string of the molecule is CC(Nc1cc(F)cc(Cl)c1)c1cccc2ccccc12. The van der Waals surface area contributed by atoms with Gasteiger partial charge in [0.15, 0.2) is 0 Å². The molecule has 3 rings (SSSR count). The Kier molecular flexibility index (Phi) is 3.80. The fraction of sp³-hybridized carbons (Fsp3) is 0.111. The summed E-state index contributed by atoms with van der Waals surface area (Å²) in [6.45, 7) is 2.06. The average molecular weight is 300 g/mol. The molecule has 3 heteroatoms. The van der Waals surface area contributed by atoms with E-state index in [1.807, 2.05) is 18.2 Å². The Bertz CT molecular complexity index is 760. The standard InChI is InChI=1S/C18H15ClFN/c1-12(21-16-10-14(19)9-15(20)11-16)17-8-4-6-13-5-2-3-7-18(13)17/h2-12,21H,1H3. The topological polar surface area (TPSA) is 12.0 Å². The second-order valence-electron chi connectivity index (χ2n) is 5.09. The van der Waals surface area contributed by atoms with Gasteiger partial charge in [0, 0.05) is 16.8 Å². The largest absolute Gasteiger partial charge is 0.378 e. The summed E-state index contributed by atoms with van der Waals surface area (Å²) in [5.41, 5.74) is 1.86. The van der Waals surface area contributed by atoms with Crippen LogP contribution in [0.4, 0.5) is 10.1 Å². The van der Waals surface area contributed by atoms with Crippen LogP contribution in [0, 0.1) is 5.82 Å². The van der Waals surface area contributed by atoms with Crippen molar-refractivity contribution < 1.29 is 4.39 Å². The van der Waals surface area contributed by atoms with Crippen molar-refractivity contribution in [3.63, 3.8) is 0 Å². The van der Waals surface area contributed by atoms with E-state index in [1.54, 1.807) is 6.07 Å². The molecule has 0 radical (unpaired) electrons. The van der Waals surface area contributed by atoms with Crippen LogP contribution in [0.1, 0.15) is 18.5 Å². The van der Waals surface area contributed by atoms with E-state index in [0.29, 0.717) is 10.7 Å². The number of hydrogen-bond acceptors (Lipinski definition) is 1. The molecular formula is C18H15ClFN. The molecule has 0 heterocycles. The van der Waals surface area contributed by atoms with Crippen LogP contribution in [0.3, 0.4) is 0 Å². The third kappa shape index (κ3) is 3.01. The molecule has 0 aliphatic rings. The van der Waals surface area contributed by atoms with Crippen LogP contribution >= 0.6 is 11.6 Å². The van der Waals surface area contributed by atoms with Crippen molar-refractivity contribution >= 4 is 28.1 Å². The highest BCUT2D eigenvalue weighted by atomic mass is 35.5. The monoisotopic (exact) mass is 299 g/mol. The van der Waals surface area contributed by atoms with Gasteiger partial charge in [-0.05, 0) is 41.5 Å². The molecule has 1 unspecified atom stereocenters. The molecular weight excluding hydrogens is 285 g/mol. The predicted octanol–water partition coefficient (Wildman–Crippen LogP) is 5.81. The molecule has 0 aliphatic carbocycles. The lowest BCUT2D eigenvalue weighted by Crippen LogP contribution is -2.07. The van der Waals surface area contributed by atoms with Gasteiger partial charge in [-0.3, -0.25) is 0 Å². The van der Waals surface area contributed by atoms with E-state index in [9.17, 15) is 4.39 Å². The molecule has 3 aromatic rings. The van der Waals surface area contributed by atoms with Gasteiger partial charge in [-0.1, -0.05) is 54.1 Å². The Labute approximate surface area is 128 Å². The molecule has 106 valence electrons. The van der Waals surface area contributed by atoms with Crippen LogP contribution in [0.5, 0.6) is 0 Å². The molecule has 21 heavy (non-hydrogen) atoms. The minimum absolute atomic E-state index is 0.0500. The first-order valence-corrected chi connectivity index (χ1v) is 7.21. The van der Waals surface area contributed by atoms with Gasteiger partial charge in [-0.15, -0.1) is 0 Å². The van der Waals surface area contributed by atoms with E-state index in [4.69, 9.17) is 11.6 Å². The zero-order valence-electron chi connectivity index (χ0n) is 11.6. The van der Waals surface area contributed by atoms with Crippen LogP contribution in [-0.4, -0.2) is 0 Å². The molecule has 3 aromatic carbocycles. The fourth-order valence-electron chi connectivity index (χ4n) is 2.59. The normalized spacial score (nSPS) is 12.3. The van der Waals surface area contributed by atoms with E-state index in [1.165, 1.54) is 28.5 Å². The maximum Gasteiger partial charge on any atom is 0.126 e. The summed E-state index contributed by atoms with van der Waals surface area (Å²) in [4.78, 5) is 0. The summed E-state index contributed by atoms with van der Waals surface area (Å²) < 4.78 is 13.4. The summed E-state index contributed by atoms with van der Waals surface area (Å²) >= 11 is 5.89. The van der Waals surface area contributed by atoms with Crippen molar-refractivity contribution in [1.82, 2.24) is 0 Å². The summed E-state index contributed by atoms with van der Waals surface area (Å²) in [5, 5.41) is 6.09. The highest BCUT2D eigenvalue weighted by Crippen LogP contribution is 2.28. The first-order chi connectivity index (χ1) is 10.1. The van der Waals surface area contributed by atoms with Crippen LogP contribution in [0.2, 0.25) is 5.02 Å². The number of nitrogens with one attached hydrogen (secondary N) is 1. The minimum atomic E-state index is -0.338. The Morgan fingerprint density at radius 1 is 1.00 bits per heavy atom. The van der Waals surface area contributed by atoms with Crippen LogP contribution < -0.4 is 5.32 Å². The van der Waals surface area contributed by atoms with Crippen LogP contribution in [0.15, 0.2) is 60.7 Å². The van der Waals surface area contributed by atoms with Gasteiger partial charge in [-0.25, -0.2) is 4.39 Å². The highest BCUT2D eigenvalue weighted by molar-refractivity contribution is 6.30. The van der Waals surface area contributed by atoms with Gasteiger partial charge in [-0.2, -0.15) is 0 Å². The molecule has 1 N–H and O–H groups in total. The van der Waals surface area contributed by atoms with E-state index in [0.717, 1.165) is 0 Å². The summed E-state index contributed by atoms with van der Waals surface area (Å²) in [5.74, 6) is -0.338. The fourth-order valence-corrected chi connectivity index (χ4v) is 2.81. The quantitative estimate of drug-likeness (QED) is 0.644. The Morgan fingerprint density at radius 2 is 1.76 bits per heavy atom. The highest BCUT2D eigenvalue weighted by Gasteiger charge is 2.10. The zero-order valence-corrected chi connectivity index (χ0v) is 12.4. The minimum Gasteiger partial charge on any atom is -0.378 e. The molecule has 0 amide bonds. The summed E-state index contributed by atoms with van der Waals surface area (Å²) in [7, 11) is 0. The van der Waals surface area contributed by atoms with Gasteiger partial charge in [0.25, 0.3) is 0 Å². The molecule has 0 bridgehead atoms. The van der Waals surface area contributed by atoms with Crippen LogP contribution in [-0.2, 0) is 0 Å². The molecule has 0 fully saturated rings. The molecule has 0 saturated carbocycles. The smallest absolute Gasteiger partial charge is 0.126 e. The lowest BCUT2D eigenvalue weighted by Gasteiger charge is -2.18. The molecule has 1 atom stereocenters. The number of anilines is 1. The number of fused-ring (bicyclic) bond motifs is 1. The van der Waals surface area contributed by atoms with Gasteiger partial charge >= 0.3 is 0 Å². The zero-order chi connectivity index (χ0) is 14.8. The van der Waals surface area contributed by atoms with Crippen LogP contribution in [0.25, 0.3) is 10.8 Å². The van der Waals surface area contributed by atoms with E-state index < -0.39 is 0 Å². The average Bonchev–Trinajstić information content (AvgIpc) is 2.45. The molecule has 1 nitrogen and oxygen atoms in total. The number of halogens is 2. The van der Waals surface area contributed by atoms with E-state index in [-0.39, 0.29) is 11.9 Å². The Hall–Kier alpha value is -2.06. The van der Waals surface area contributed by atoms with Gasteiger partial charge in [0.1, 0.15) is 5.82 Å². The van der Waals surface area contributed by atoms with Crippen molar-refractivity contribution in [1.29, 1.82) is 0 Å². The summed E-state index contributed by atoms with van der Waals surface area (Å²) in [6.07, 6.45) is 0.